The van der Waals surface area contributed by atoms with Crippen molar-refractivity contribution in [3.05, 3.63) is 35.4 Å². The van der Waals surface area contributed by atoms with Crippen LogP contribution in [0.3, 0.4) is 0 Å². The minimum absolute atomic E-state index is 0.0782. The summed E-state index contributed by atoms with van der Waals surface area (Å²) in [5, 5.41) is 3.65. The van der Waals surface area contributed by atoms with Gasteiger partial charge in [-0.1, -0.05) is 36.8 Å². The molecule has 0 saturated carbocycles. The molecule has 0 spiro atoms. The first-order chi connectivity index (χ1) is 9.94. The fourth-order valence-electron chi connectivity index (χ4n) is 1.97. The third-order valence-electron chi connectivity index (χ3n) is 3.03. The molecule has 0 bridgehead atoms. The van der Waals surface area contributed by atoms with Crippen molar-refractivity contribution >= 4 is 32.2 Å². The molecule has 1 heterocycles. The predicted molar refractivity (Wildman–Crippen MR) is 87.4 cm³/mol. The van der Waals surface area contributed by atoms with Crippen molar-refractivity contribution in [2.24, 2.45) is 0 Å². The highest BCUT2D eigenvalue weighted by Crippen LogP contribution is 2.32. The lowest BCUT2D eigenvalue weighted by Gasteiger charge is -2.08. The molecule has 114 valence electrons. The van der Waals surface area contributed by atoms with Crippen LogP contribution in [0.5, 0.6) is 0 Å². The summed E-state index contributed by atoms with van der Waals surface area (Å²) in [7, 11) is -3.38. The van der Waals surface area contributed by atoms with Crippen LogP contribution in [0, 0.1) is 6.92 Å². The summed E-state index contributed by atoms with van der Waals surface area (Å²) in [6.45, 7) is 4.39. The van der Waals surface area contributed by atoms with Crippen molar-refractivity contribution in [2.45, 2.75) is 31.7 Å². The molecule has 0 aliphatic rings. The Hall–Kier alpha value is -1.60. The van der Waals surface area contributed by atoms with Gasteiger partial charge in [-0.05, 0) is 30.4 Å². The second-order valence-electron chi connectivity index (χ2n) is 4.88. The van der Waals surface area contributed by atoms with E-state index in [4.69, 9.17) is 5.73 Å². The van der Waals surface area contributed by atoms with Gasteiger partial charge in [0.25, 0.3) is 0 Å². The van der Waals surface area contributed by atoms with Crippen molar-refractivity contribution in [1.82, 2.24) is 4.37 Å². The third kappa shape index (κ3) is 3.74. The van der Waals surface area contributed by atoms with Gasteiger partial charge in [0.2, 0.25) is 0 Å². The number of hydrogen-bond acceptors (Lipinski definition) is 6. The zero-order chi connectivity index (χ0) is 15.5. The number of nitrogens with zero attached hydrogens (tertiary/aromatic N) is 1. The van der Waals surface area contributed by atoms with Gasteiger partial charge in [0, 0.05) is 6.54 Å². The van der Waals surface area contributed by atoms with Gasteiger partial charge in [-0.3, -0.25) is 0 Å². The maximum Gasteiger partial charge on any atom is 0.185 e. The number of nitrogens with two attached hydrogens (primary N) is 1. The summed E-state index contributed by atoms with van der Waals surface area (Å²) >= 11 is 1.09. The minimum atomic E-state index is -3.38. The maximum atomic E-state index is 12.2. The van der Waals surface area contributed by atoms with Gasteiger partial charge in [-0.2, -0.15) is 4.37 Å². The average Bonchev–Trinajstić information content (AvgIpc) is 2.80. The normalized spacial score (nSPS) is 11.5. The van der Waals surface area contributed by atoms with Crippen LogP contribution >= 0.6 is 11.5 Å². The smallest absolute Gasteiger partial charge is 0.185 e. The summed E-state index contributed by atoms with van der Waals surface area (Å²) in [6, 6.07) is 8.06. The van der Waals surface area contributed by atoms with Crippen LogP contribution in [0.4, 0.5) is 10.8 Å². The van der Waals surface area contributed by atoms with E-state index in [1.54, 1.807) is 0 Å². The van der Waals surface area contributed by atoms with Gasteiger partial charge in [0.05, 0.1) is 5.75 Å². The van der Waals surface area contributed by atoms with Crippen molar-refractivity contribution in [2.75, 3.05) is 16.8 Å². The molecule has 0 atom stereocenters. The van der Waals surface area contributed by atoms with Gasteiger partial charge in [0.15, 0.2) is 15.7 Å². The fourth-order valence-corrected chi connectivity index (χ4v) is 4.58. The standard InChI is InChI=1S/C14H19N3O2S2/c1-3-8-21(18,19)12-13(15)17-20-14(12)16-9-11-6-4-10(2)5-7-11/h4-7,16H,3,8-9H2,1-2H3,(H2,15,17). The lowest BCUT2D eigenvalue weighted by atomic mass is 10.1. The molecule has 7 heteroatoms. The zero-order valence-corrected chi connectivity index (χ0v) is 13.7. The number of aryl methyl sites for hydroxylation is 1. The number of nitrogens with one attached hydrogen (secondary N) is 1. The first kappa shape index (κ1) is 15.8. The quantitative estimate of drug-likeness (QED) is 0.853. The predicted octanol–water partition coefficient (Wildman–Crippen LogP) is 2.83. The molecule has 0 unspecified atom stereocenters. The molecule has 2 aromatic rings. The summed E-state index contributed by atoms with van der Waals surface area (Å²) in [5.41, 5.74) is 7.99. The van der Waals surface area contributed by atoms with E-state index in [-0.39, 0.29) is 16.5 Å². The van der Waals surface area contributed by atoms with Crippen LogP contribution in [0.15, 0.2) is 29.2 Å². The Balaban J connectivity index is 2.20. The average molecular weight is 325 g/mol. The molecule has 5 nitrogen and oxygen atoms in total. The Morgan fingerprint density at radius 1 is 1.29 bits per heavy atom. The summed E-state index contributed by atoms with van der Waals surface area (Å²) < 4.78 is 28.4. The Kier molecular flexibility index (Phi) is 4.84. The third-order valence-corrected chi connectivity index (χ3v) is 5.96. The monoisotopic (exact) mass is 325 g/mol. The van der Waals surface area contributed by atoms with Crippen LogP contribution in [-0.2, 0) is 16.4 Å². The van der Waals surface area contributed by atoms with Crippen molar-refractivity contribution in [3.63, 3.8) is 0 Å². The van der Waals surface area contributed by atoms with E-state index in [1.165, 1.54) is 5.56 Å². The molecule has 0 amide bonds. The molecule has 1 aromatic heterocycles. The van der Waals surface area contributed by atoms with Crippen LogP contribution in [0.1, 0.15) is 24.5 Å². The lowest BCUT2D eigenvalue weighted by molar-refractivity contribution is 0.595. The molecule has 0 saturated heterocycles. The highest BCUT2D eigenvalue weighted by molar-refractivity contribution is 7.91. The van der Waals surface area contributed by atoms with Crippen molar-refractivity contribution in [1.29, 1.82) is 0 Å². The molecule has 0 aliphatic carbocycles. The number of aromatic nitrogens is 1. The zero-order valence-electron chi connectivity index (χ0n) is 12.1. The molecule has 0 fully saturated rings. The Morgan fingerprint density at radius 3 is 2.57 bits per heavy atom. The minimum Gasteiger partial charge on any atom is -0.382 e. The highest BCUT2D eigenvalue weighted by atomic mass is 32.2. The number of nitrogen functional groups attached to an aromatic ring is 1. The van der Waals surface area contributed by atoms with Gasteiger partial charge in [0.1, 0.15) is 9.90 Å². The first-order valence-electron chi connectivity index (χ1n) is 6.71. The van der Waals surface area contributed by atoms with E-state index in [2.05, 4.69) is 9.69 Å². The first-order valence-corrected chi connectivity index (χ1v) is 9.14. The van der Waals surface area contributed by atoms with Crippen molar-refractivity contribution < 1.29 is 8.42 Å². The SMILES string of the molecule is CCCS(=O)(=O)c1c(N)nsc1NCc1ccc(C)cc1. The van der Waals surface area contributed by atoms with Crippen LogP contribution < -0.4 is 11.1 Å². The fraction of sp³-hybridized carbons (Fsp3) is 0.357. The molecule has 0 aliphatic heterocycles. The van der Waals surface area contributed by atoms with E-state index in [0.717, 1.165) is 17.1 Å². The summed E-state index contributed by atoms with van der Waals surface area (Å²) in [6.07, 6.45) is 0.551. The van der Waals surface area contributed by atoms with Crippen LogP contribution in [-0.4, -0.2) is 18.5 Å². The van der Waals surface area contributed by atoms with E-state index >= 15 is 0 Å². The van der Waals surface area contributed by atoms with Crippen LogP contribution in [0.25, 0.3) is 0 Å². The molecule has 21 heavy (non-hydrogen) atoms. The van der Waals surface area contributed by atoms with E-state index in [1.807, 2.05) is 38.1 Å². The van der Waals surface area contributed by atoms with Gasteiger partial charge in [-0.15, -0.1) is 0 Å². The van der Waals surface area contributed by atoms with E-state index < -0.39 is 9.84 Å². The topological polar surface area (TPSA) is 85.1 Å². The molecule has 1 aromatic carbocycles. The van der Waals surface area contributed by atoms with Gasteiger partial charge in [-0.25, -0.2) is 8.42 Å². The number of anilines is 2. The number of hydrogen-bond donors (Lipinski definition) is 2. The Labute approximate surface area is 129 Å². The van der Waals surface area contributed by atoms with Crippen molar-refractivity contribution in [3.8, 4) is 0 Å². The van der Waals surface area contributed by atoms with E-state index in [0.29, 0.717) is 18.0 Å². The van der Waals surface area contributed by atoms with E-state index in [9.17, 15) is 8.42 Å². The van der Waals surface area contributed by atoms with Gasteiger partial charge >= 0.3 is 0 Å². The molecule has 3 N–H and O–H groups in total. The second kappa shape index (κ2) is 6.44. The summed E-state index contributed by atoms with van der Waals surface area (Å²) in [5.74, 6) is 0.161. The maximum absolute atomic E-state index is 12.2. The van der Waals surface area contributed by atoms with Gasteiger partial charge < -0.3 is 11.1 Å². The molecular weight excluding hydrogens is 306 g/mol. The number of rotatable bonds is 6. The highest BCUT2D eigenvalue weighted by Gasteiger charge is 2.24. The van der Waals surface area contributed by atoms with Crippen LogP contribution in [0.2, 0.25) is 0 Å². The Morgan fingerprint density at radius 2 is 1.95 bits per heavy atom. The lowest BCUT2D eigenvalue weighted by Crippen LogP contribution is -2.10. The number of benzene rings is 1. The number of sulfone groups is 1. The largest absolute Gasteiger partial charge is 0.382 e. The molecule has 0 radical (unpaired) electrons. The second-order valence-corrected chi connectivity index (χ2v) is 7.70. The Bertz CT molecular complexity index is 706. The molecular formula is C14H19N3O2S2. The molecule has 2 rings (SSSR count). The summed E-state index contributed by atoms with van der Waals surface area (Å²) in [4.78, 5) is 0.140.